The summed E-state index contributed by atoms with van der Waals surface area (Å²) in [6.07, 6.45) is 0. The second-order valence-electron chi connectivity index (χ2n) is 4.80. The SMILES string of the molecule is COC(=O)Cn1nc2c3c(C)c(C)sc3nc(C)n2c1=O. The third kappa shape index (κ3) is 1.94. The van der Waals surface area contributed by atoms with Crippen LogP contribution in [-0.2, 0) is 16.1 Å². The summed E-state index contributed by atoms with van der Waals surface area (Å²) in [5.41, 5.74) is 1.21. The molecule has 0 saturated carbocycles. The second-order valence-corrected chi connectivity index (χ2v) is 6.00. The molecule has 0 saturated heterocycles. The van der Waals surface area contributed by atoms with Crippen LogP contribution in [0.15, 0.2) is 4.79 Å². The van der Waals surface area contributed by atoms with E-state index in [9.17, 15) is 9.59 Å². The normalized spacial score (nSPS) is 11.4. The number of carbonyl (C=O) groups excluding carboxylic acids is 1. The predicted octanol–water partition coefficient (Wildman–Crippen LogP) is 1.20. The lowest BCUT2D eigenvalue weighted by Crippen LogP contribution is -2.26. The van der Waals surface area contributed by atoms with E-state index in [0.717, 1.165) is 25.3 Å². The summed E-state index contributed by atoms with van der Waals surface area (Å²) in [4.78, 5) is 30.2. The van der Waals surface area contributed by atoms with Gasteiger partial charge in [0.15, 0.2) is 5.65 Å². The molecule has 3 aromatic rings. The highest BCUT2D eigenvalue weighted by atomic mass is 32.1. The van der Waals surface area contributed by atoms with Gasteiger partial charge >= 0.3 is 11.7 Å². The van der Waals surface area contributed by atoms with Crippen molar-refractivity contribution in [3.05, 3.63) is 26.7 Å². The molecular weight excluding hydrogens is 292 g/mol. The van der Waals surface area contributed by atoms with Crippen LogP contribution in [0.4, 0.5) is 0 Å². The van der Waals surface area contributed by atoms with Crippen LogP contribution in [-0.4, -0.2) is 32.2 Å². The first-order valence-corrected chi connectivity index (χ1v) is 7.18. The molecule has 0 aliphatic rings. The van der Waals surface area contributed by atoms with Crippen LogP contribution in [0, 0.1) is 20.8 Å². The molecule has 0 spiro atoms. The summed E-state index contributed by atoms with van der Waals surface area (Å²) < 4.78 is 7.14. The standard InChI is InChI=1S/C13H14N4O3S/c1-6-7(2)21-12-10(6)11-15-16(5-9(18)20-4)13(19)17(11)8(3)14-12/h5H2,1-4H3. The molecule has 21 heavy (non-hydrogen) atoms. The van der Waals surface area contributed by atoms with Crippen molar-refractivity contribution >= 4 is 33.2 Å². The Bertz CT molecular complexity index is 935. The number of fused-ring (bicyclic) bond motifs is 3. The Morgan fingerprint density at radius 1 is 1.33 bits per heavy atom. The van der Waals surface area contributed by atoms with E-state index >= 15 is 0 Å². The maximum atomic E-state index is 12.4. The molecule has 0 unspecified atom stereocenters. The van der Waals surface area contributed by atoms with Crippen molar-refractivity contribution in [2.75, 3.05) is 7.11 Å². The summed E-state index contributed by atoms with van der Waals surface area (Å²) >= 11 is 1.57. The van der Waals surface area contributed by atoms with Crippen LogP contribution in [0.3, 0.4) is 0 Å². The Morgan fingerprint density at radius 3 is 2.71 bits per heavy atom. The number of nitrogens with zero attached hydrogens (tertiary/aromatic N) is 4. The number of rotatable bonds is 2. The molecule has 3 heterocycles. The Labute approximate surface area is 123 Å². The molecule has 3 rings (SSSR count). The van der Waals surface area contributed by atoms with Crippen LogP contribution in [0.5, 0.6) is 0 Å². The lowest BCUT2D eigenvalue weighted by atomic mass is 10.2. The van der Waals surface area contributed by atoms with Crippen molar-refractivity contribution in [2.45, 2.75) is 27.3 Å². The van der Waals surface area contributed by atoms with E-state index in [1.807, 2.05) is 13.8 Å². The monoisotopic (exact) mass is 306 g/mol. The van der Waals surface area contributed by atoms with Crippen molar-refractivity contribution in [2.24, 2.45) is 0 Å². The van der Waals surface area contributed by atoms with Gasteiger partial charge in [-0.15, -0.1) is 16.4 Å². The average Bonchev–Trinajstić information content (AvgIpc) is 2.89. The van der Waals surface area contributed by atoms with Gasteiger partial charge in [0.2, 0.25) is 0 Å². The minimum Gasteiger partial charge on any atom is -0.468 e. The minimum atomic E-state index is -0.513. The third-order valence-electron chi connectivity index (χ3n) is 3.52. The van der Waals surface area contributed by atoms with Gasteiger partial charge in [-0.1, -0.05) is 0 Å². The van der Waals surface area contributed by atoms with Gasteiger partial charge < -0.3 is 4.74 Å². The van der Waals surface area contributed by atoms with Crippen LogP contribution < -0.4 is 5.69 Å². The number of methoxy groups -OCH3 is 1. The van der Waals surface area contributed by atoms with Gasteiger partial charge in [0.05, 0.1) is 12.5 Å². The molecule has 8 heteroatoms. The summed E-state index contributed by atoms with van der Waals surface area (Å²) in [6, 6.07) is 0. The van der Waals surface area contributed by atoms with E-state index in [1.54, 1.807) is 18.3 Å². The molecule has 0 aliphatic heterocycles. The third-order valence-corrected chi connectivity index (χ3v) is 4.62. The Morgan fingerprint density at radius 2 is 2.05 bits per heavy atom. The fourth-order valence-electron chi connectivity index (χ4n) is 2.30. The lowest BCUT2D eigenvalue weighted by molar-refractivity contribution is -0.141. The molecular formula is C13H14N4O3S. The topological polar surface area (TPSA) is 78.5 Å². The smallest absolute Gasteiger partial charge is 0.352 e. The van der Waals surface area contributed by atoms with Crippen LogP contribution in [0.1, 0.15) is 16.3 Å². The summed E-state index contributed by atoms with van der Waals surface area (Å²) in [7, 11) is 1.28. The second kappa shape index (κ2) is 4.66. The van der Waals surface area contributed by atoms with Crippen molar-refractivity contribution < 1.29 is 9.53 Å². The number of carbonyl (C=O) groups is 1. The highest BCUT2D eigenvalue weighted by Crippen LogP contribution is 2.31. The molecule has 110 valence electrons. The van der Waals surface area contributed by atoms with Gasteiger partial charge in [0.25, 0.3) is 0 Å². The number of esters is 1. The van der Waals surface area contributed by atoms with E-state index in [1.165, 1.54) is 11.5 Å². The Hall–Kier alpha value is -2.22. The summed E-state index contributed by atoms with van der Waals surface area (Å²) in [5, 5.41) is 5.16. The van der Waals surface area contributed by atoms with Gasteiger partial charge in [-0.25, -0.2) is 18.9 Å². The number of aryl methyl sites for hydroxylation is 3. The van der Waals surface area contributed by atoms with E-state index < -0.39 is 5.97 Å². The number of aromatic nitrogens is 4. The zero-order chi connectivity index (χ0) is 15.3. The highest BCUT2D eigenvalue weighted by molar-refractivity contribution is 7.18. The van der Waals surface area contributed by atoms with Crippen molar-refractivity contribution in [1.29, 1.82) is 0 Å². The van der Waals surface area contributed by atoms with Crippen molar-refractivity contribution in [1.82, 2.24) is 19.2 Å². The zero-order valence-corrected chi connectivity index (χ0v) is 12.9. The average molecular weight is 306 g/mol. The molecule has 0 atom stereocenters. The number of ether oxygens (including phenoxy) is 1. The maximum Gasteiger partial charge on any atom is 0.352 e. The number of thiophene rings is 1. The first kappa shape index (κ1) is 13.7. The molecule has 0 N–H and O–H groups in total. The van der Waals surface area contributed by atoms with Crippen molar-refractivity contribution in [3.63, 3.8) is 0 Å². The molecule has 0 aromatic carbocycles. The maximum absolute atomic E-state index is 12.4. The minimum absolute atomic E-state index is 0.208. The fraction of sp³-hybridized carbons (Fsp3) is 0.385. The Kier molecular flexibility index (Phi) is 3.05. The lowest BCUT2D eigenvalue weighted by Gasteiger charge is -1.98. The first-order valence-electron chi connectivity index (χ1n) is 6.36. The molecule has 3 aromatic heterocycles. The quantitative estimate of drug-likeness (QED) is 0.665. The van der Waals surface area contributed by atoms with E-state index in [4.69, 9.17) is 0 Å². The van der Waals surface area contributed by atoms with Crippen LogP contribution in [0.25, 0.3) is 15.9 Å². The van der Waals surface area contributed by atoms with Crippen LogP contribution >= 0.6 is 11.3 Å². The molecule has 7 nitrogen and oxygen atoms in total. The van der Waals surface area contributed by atoms with Gasteiger partial charge in [-0.3, -0.25) is 4.79 Å². The molecule has 0 aliphatic carbocycles. The molecule has 0 bridgehead atoms. The predicted molar refractivity (Wildman–Crippen MR) is 78.9 cm³/mol. The van der Waals surface area contributed by atoms with Gasteiger partial charge in [-0.2, -0.15) is 0 Å². The van der Waals surface area contributed by atoms with Gasteiger partial charge in [-0.05, 0) is 26.3 Å². The van der Waals surface area contributed by atoms with E-state index in [2.05, 4.69) is 14.8 Å². The zero-order valence-electron chi connectivity index (χ0n) is 12.1. The summed E-state index contributed by atoms with van der Waals surface area (Å²) in [5.74, 6) is 0.0421. The highest BCUT2D eigenvalue weighted by Gasteiger charge is 2.19. The molecule has 0 radical (unpaired) electrons. The van der Waals surface area contributed by atoms with Gasteiger partial charge in [0.1, 0.15) is 17.2 Å². The van der Waals surface area contributed by atoms with Gasteiger partial charge in [0, 0.05) is 4.88 Å². The Balaban J connectivity index is 2.39. The summed E-state index contributed by atoms with van der Waals surface area (Å²) in [6.45, 7) is 5.54. The number of hydrogen-bond acceptors (Lipinski definition) is 6. The largest absolute Gasteiger partial charge is 0.468 e. The first-order chi connectivity index (χ1) is 9.93. The van der Waals surface area contributed by atoms with E-state index in [0.29, 0.717) is 11.5 Å². The van der Waals surface area contributed by atoms with Crippen molar-refractivity contribution in [3.8, 4) is 0 Å². The fourth-order valence-corrected chi connectivity index (χ4v) is 3.37. The van der Waals surface area contributed by atoms with Crippen LogP contribution in [0.2, 0.25) is 0 Å². The van der Waals surface area contributed by atoms with E-state index in [-0.39, 0.29) is 12.2 Å². The number of hydrogen-bond donors (Lipinski definition) is 0. The molecule has 0 fully saturated rings. The molecule has 0 amide bonds.